The minimum absolute atomic E-state index is 0.366. The van der Waals surface area contributed by atoms with E-state index in [2.05, 4.69) is 4.98 Å². The maximum atomic E-state index is 12.8. The van der Waals surface area contributed by atoms with E-state index >= 15 is 0 Å². The lowest BCUT2D eigenvalue weighted by atomic mass is 10.3. The fourth-order valence-electron chi connectivity index (χ4n) is 1.22. The van der Waals surface area contributed by atoms with Crippen LogP contribution in [-0.2, 0) is 6.18 Å². The molecule has 0 spiro atoms. The number of alkyl halides is 3. The quantitative estimate of drug-likeness (QED) is 0.649. The van der Waals surface area contributed by atoms with Crippen LogP contribution in [0.15, 0.2) is 29.2 Å². The van der Waals surface area contributed by atoms with Crippen LogP contribution in [-0.4, -0.2) is 9.38 Å². The van der Waals surface area contributed by atoms with Crippen LogP contribution in [0, 0.1) is 5.82 Å². The molecule has 84 valence electrons. The Morgan fingerprint density at radius 3 is 2.56 bits per heavy atom. The van der Waals surface area contributed by atoms with Crippen molar-refractivity contribution in [2.75, 3.05) is 0 Å². The monoisotopic (exact) mass is 232 g/mol. The van der Waals surface area contributed by atoms with E-state index < -0.39 is 23.2 Å². The second kappa shape index (κ2) is 3.29. The highest BCUT2D eigenvalue weighted by Gasteiger charge is 2.33. The number of halogens is 4. The zero-order valence-electron chi connectivity index (χ0n) is 7.62. The van der Waals surface area contributed by atoms with Gasteiger partial charge < -0.3 is 0 Å². The van der Waals surface area contributed by atoms with Crippen molar-refractivity contribution in [3.05, 3.63) is 46.3 Å². The van der Waals surface area contributed by atoms with Crippen molar-refractivity contribution in [3.8, 4) is 0 Å². The van der Waals surface area contributed by atoms with E-state index in [1.165, 1.54) is 0 Å². The number of rotatable bonds is 0. The third-order valence-corrected chi connectivity index (χ3v) is 1.92. The summed E-state index contributed by atoms with van der Waals surface area (Å²) in [5, 5.41) is 0. The van der Waals surface area contributed by atoms with E-state index in [0.717, 1.165) is 22.7 Å². The van der Waals surface area contributed by atoms with E-state index in [9.17, 15) is 22.4 Å². The minimum atomic E-state index is -4.72. The first-order chi connectivity index (χ1) is 7.38. The summed E-state index contributed by atoms with van der Waals surface area (Å²) in [7, 11) is 0. The van der Waals surface area contributed by atoms with Crippen LogP contribution in [0.1, 0.15) is 5.69 Å². The summed E-state index contributed by atoms with van der Waals surface area (Å²) in [4.78, 5) is 14.4. The second-order valence-corrected chi connectivity index (χ2v) is 3.05. The summed E-state index contributed by atoms with van der Waals surface area (Å²) in [6.07, 6.45) is -3.69. The Kier molecular flexibility index (Phi) is 2.18. The van der Waals surface area contributed by atoms with Gasteiger partial charge in [-0.25, -0.2) is 9.37 Å². The number of aromatic nitrogens is 2. The van der Waals surface area contributed by atoms with Gasteiger partial charge in [-0.15, -0.1) is 0 Å². The molecule has 2 aromatic rings. The number of hydrogen-bond donors (Lipinski definition) is 0. The minimum Gasteiger partial charge on any atom is -0.269 e. The topological polar surface area (TPSA) is 34.4 Å². The summed E-state index contributed by atoms with van der Waals surface area (Å²) < 4.78 is 50.5. The van der Waals surface area contributed by atoms with Gasteiger partial charge >= 0.3 is 6.18 Å². The van der Waals surface area contributed by atoms with Gasteiger partial charge in [-0.1, -0.05) is 0 Å². The molecule has 0 aromatic carbocycles. The fourth-order valence-corrected chi connectivity index (χ4v) is 1.22. The number of nitrogens with zero attached hydrogens (tertiary/aromatic N) is 2. The Balaban J connectivity index is 2.80. The molecule has 0 fully saturated rings. The Hall–Kier alpha value is -1.92. The van der Waals surface area contributed by atoms with E-state index in [1.807, 2.05) is 0 Å². The van der Waals surface area contributed by atoms with Crippen LogP contribution >= 0.6 is 0 Å². The van der Waals surface area contributed by atoms with Gasteiger partial charge in [0.2, 0.25) is 0 Å². The van der Waals surface area contributed by atoms with E-state index in [-0.39, 0.29) is 5.65 Å². The summed E-state index contributed by atoms with van der Waals surface area (Å²) in [6.45, 7) is 0. The first kappa shape index (κ1) is 10.6. The van der Waals surface area contributed by atoms with Crippen molar-refractivity contribution in [2.45, 2.75) is 6.18 Å². The van der Waals surface area contributed by atoms with Crippen molar-refractivity contribution < 1.29 is 17.6 Å². The lowest BCUT2D eigenvalue weighted by Crippen LogP contribution is -2.19. The molecule has 3 nitrogen and oxygen atoms in total. The van der Waals surface area contributed by atoms with Gasteiger partial charge in [0.15, 0.2) is 5.69 Å². The summed E-state index contributed by atoms with van der Waals surface area (Å²) in [5.41, 5.74) is -2.61. The van der Waals surface area contributed by atoms with Crippen molar-refractivity contribution in [1.29, 1.82) is 0 Å². The SMILES string of the molecule is O=c1cc(C(F)(F)F)nc2cc(F)ccn12. The predicted molar refractivity (Wildman–Crippen MR) is 46.4 cm³/mol. The third kappa shape index (κ3) is 1.75. The Morgan fingerprint density at radius 1 is 1.25 bits per heavy atom. The fraction of sp³-hybridized carbons (Fsp3) is 0.111. The first-order valence-electron chi connectivity index (χ1n) is 4.14. The maximum absolute atomic E-state index is 12.8. The lowest BCUT2D eigenvalue weighted by Gasteiger charge is -2.06. The molecule has 2 rings (SSSR count). The van der Waals surface area contributed by atoms with Crippen LogP contribution in [0.25, 0.3) is 5.65 Å². The second-order valence-electron chi connectivity index (χ2n) is 3.05. The smallest absolute Gasteiger partial charge is 0.269 e. The van der Waals surface area contributed by atoms with E-state index in [0.29, 0.717) is 6.07 Å². The van der Waals surface area contributed by atoms with Crippen molar-refractivity contribution in [2.24, 2.45) is 0 Å². The number of fused-ring (bicyclic) bond motifs is 1. The summed E-state index contributed by atoms with van der Waals surface area (Å²) in [6, 6.07) is 2.09. The van der Waals surface area contributed by atoms with Crippen LogP contribution in [0.5, 0.6) is 0 Å². The molecule has 16 heavy (non-hydrogen) atoms. The molecule has 0 aliphatic heterocycles. The standard InChI is InChI=1S/C9H4F4N2O/c10-5-1-2-15-7(3-5)14-6(4-8(15)16)9(11,12)13/h1-4H. The molecular formula is C9H4F4N2O. The highest BCUT2D eigenvalue weighted by Crippen LogP contribution is 2.26. The van der Waals surface area contributed by atoms with Gasteiger partial charge in [0, 0.05) is 18.3 Å². The van der Waals surface area contributed by atoms with Crippen LogP contribution < -0.4 is 5.56 Å². The summed E-state index contributed by atoms with van der Waals surface area (Å²) >= 11 is 0. The average Bonchev–Trinajstić information content (AvgIpc) is 2.15. The van der Waals surface area contributed by atoms with E-state index in [4.69, 9.17) is 0 Å². The van der Waals surface area contributed by atoms with Crippen LogP contribution in [0.2, 0.25) is 0 Å². The molecule has 0 atom stereocenters. The molecule has 0 unspecified atom stereocenters. The van der Waals surface area contributed by atoms with Crippen molar-refractivity contribution in [3.63, 3.8) is 0 Å². The lowest BCUT2D eigenvalue weighted by molar-refractivity contribution is -0.141. The van der Waals surface area contributed by atoms with Gasteiger partial charge in [0.25, 0.3) is 5.56 Å². The molecule has 0 bridgehead atoms. The van der Waals surface area contributed by atoms with Crippen LogP contribution in [0.4, 0.5) is 17.6 Å². The maximum Gasteiger partial charge on any atom is 0.433 e. The Morgan fingerprint density at radius 2 is 1.94 bits per heavy atom. The molecular weight excluding hydrogens is 228 g/mol. The van der Waals surface area contributed by atoms with E-state index in [1.54, 1.807) is 0 Å². The third-order valence-electron chi connectivity index (χ3n) is 1.92. The van der Waals surface area contributed by atoms with Gasteiger partial charge in [0.1, 0.15) is 11.5 Å². The molecule has 7 heteroatoms. The zero-order chi connectivity index (χ0) is 11.9. The first-order valence-corrected chi connectivity index (χ1v) is 4.14. The highest BCUT2D eigenvalue weighted by atomic mass is 19.4. The molecule has 0 radical (unpaired) electrons. The highest BCUT2D eigenvalue weighted by molar-refractivity contribution is 5.39. The van der Waals surface area contributed by atoms with Gasteiger partial charge in [-0.3, -0.25) is 9.20 Å². The predicted octanol–water partition coefficient (Wildman–Crippen LogP) is 1.85. The van der Waals surface area contributed by atoms with Gasteiger partial charge in [0.05, 0.1) is 0 Å². The Labute approximate surface area is 86.0 Å². The molecule has 0 saturated heterocycles. The molecule has 2 aromatic heterocycles. The molecule has 2 heterocycles. The number of hydrogen-bond acceptors (Lipinski definition) is 2. The largest absolute Gasteiger partial charge is 0.433 e. The molecule has 0 amide bonds. The van der Waals surface area contributed by atoms with Crippen LogP contribution in [0.3, 0.4) is 0 Å². The summed E-state index contributed by atoms with van der Waals surface area (Å²) in [5.74, 6) is -0.758. The van der Waals surface area contributed by atoms with Crippen molar-refractivity contribution >= 4 is 5.65 Å². The molecule has 0 saturated carbocycles. The Bertz CT molecular complexity index is 602. The zero-order valence-corrected chi connectivity index (χ0v) is 7.62. The average molecular weight is 232 g/mol. The molecule has 0 N–H and O–H groups in total. The van der Waals surface area contributed by atoms with Gasteiger partial charge in [-0.2, -0.15) is 13.2 Å². The molecule has 0 aliphatic carbocycles. The normalized spacial score (nSPS) is 12.0. The van der Waals surface area contributed by atoms with Gasteiger partial charge in [-0.05, 0) is 6.07 Å². The number of pyridine rings is 1. The van der Waals surface area contributed by atoms with Crippen molar-refractivity contribution in [1.82, 2.24) is 9.38 Å². The molecule has 0 aliphatic rings.